The van der Waals surface area contributed by atoms with Gasteiger partial charge >= 0.3 is 6.18 Å². The summed E-state index contributed by atoms with van der Waals surface area (Å²) in [6, 6.07) is 3.52. The first-order valence-electron chi connectivity index (χ1n) is 8.80. The van der Waals surface area contributed by atoms with E-state index >= 15 is 0 Å². The predicted molar refractivity (Wildman–Crippen MR) is 91.7 cm³/mol. The van der Waals surface area contributed by atoms with Crippen LogP contribution in [0.15, 0.2) is 22.7 Å². The molecule has 7 heteroatoms. The maximum absolute atomic E-state index is 13.3. The Labute approximate surface area is 149 Å². The minimum atomic E-state index is -4.52. The van der Waals surface area contributed by atoms with Crippen LogP contribution in [0.3, 0.4) is 0 Å². The second-order valence-corrected chi connectivity index (χ2v) is 6.74. The number of alkyl halides is 3. The zero-order chi connectivity index (χ0) is 18.9. The van der Waals surface area contributed by atoms with Crippen molar-refractivity contribution in [3.05, 3.63) is 35.0 Å². The normalized spacial score (nSPS) is 15.4. The SMILES string of the molecule is CC[C@H](C)C(=O)Nc1cc(-c2onc3c2CCCC3)cc(C(F)(F)F)c1. The van der Waals surface area contributed by atoms with Gasteiger partial charge in [0.25, 0.3) is 0 Å². The molecule has 1 aliphatic carbocycles. The molecular formula is C19H21F3N2O2. The monoisotopic (exact) mass is 366 g/mol. The van der Waals surface area contributed by atoms with Gasteiger partial charge < -0.3 is 9.84 Å². The predicted octanol–water partition coefficient (Wildman–Crippen LogP) is 5.22. The Morgan fingerprint density at radius 2 is 2.00 bits per heavy atom. The van der Waals surface area contributed by atoms with Crippen LogP contribution in [0.1, 0.15) is 49.9 Å². The number of aromatic nitrogens is 1. The average molecular weight is 366 g/mol. The fourth-order valence-electron chi connectivity index (χ4n) is 3.06. The van der Waals surface area contributed by atoms with E-state index in [1.54, 1.807) is 6.92 Å². The van der Waals surface area contributed by atoms with Gasteiger partial charge in [0.05, 0.1) is 11.3 Å². The van der Waals surface area contributed by atoms with E-state index in [0.29, 0.717) is 12.2 Å². The summed E-state index contributed by atoms with van der Waals surface area (Å²) in [5, 5.41) is 6.60. The molecule has 1 amide bonds. The summed E-state index contributed by atoms with van der Waals surface area (Å²) in [5.41, 5.74) is 1.26. The van der Waals surface area contributed by atoms with E-state index in [9.17, 15) is 18.0 Å². The Hall–Kier alpha value is -2.31. The van der Waals surface area contributed by atoms with E-state index in [1.165, 1.54) is 6.07 Å². The van der Waals surface area contributed by atoms with E-state index in [2.05, 4.69) is 10.5 Å². The van der Waals surface area contributed by atoms with Crippen molar-refractivity contribution < 1.29 is 22.5 Å². The summed E-state index contributed by atoms with van der Waals surface area (Å²) >= 11 is 0. The molecule has 0 aliphatic heterocycles. The topological polar surface area (TPSA) is 55.1 Å². The average Bonchev–Trinajstić information content (AvgIpc) is 3.04. The number of fused-ring (bicyclic) bond motifs is 1. The van der Waals surface area contributed by atoms with E-state index < -0.39 is 11.7 Å². The van der Waals surface area contributed by atoms with Gasteiger partial charge in [-0.05, 0) is 50.3 Å². The second-order valence-electron chi connectivity index (χ2n) is 6.74. The van der Waals surface area contributed by atoms with Crippen molar-refractivity contribution >= 4 is 11.6 Å². The Balaban J connectivity index is 2.03. The molecule has 2 aromatic rings. The summed E-state index contributed by atoms with van der Waals surface area (Å²) in [5.74, 6) is -0.228. The molecule has 0 unspecified atom stereocenters. The van der Waals surface area contributed by atoms with Crippen molar-refractivity contribution in [2.24, 2.45) is 5.92 Å². The summed E-state index contributed by atoms with van der Waals surface area (Å²) in [6.07, 6.45) is -0.455. The lowest BCUT2D eigenvalue weighted by Gasteiger charge is -2.15. The molecule has 0 fully saturated rings. The number of carbonyl (C=O) groups excluding carboxylic acids is 1. The molecule has 1 atom stereocenters. The largest absolute Gasteiger partial charge is 0.416 e. The maximum atomic E-state index is 13.3. The third-order valence-electron chi connectivity index (χ3n) is 4.81. The van der Waals surface area contributed by atoms with Crippen LogP contribution in [0.5, 0.6) is 0 Å². The van der Waals surface area contributed by atoms with Gasteiger partial charge in [0.1, 0.15) is 0 Å². The number of hydrogen-bond donors (Lipinski definition) is 1. The lowest BCUT2D eigenvalue weighted by Crippen LogP contribution is -2.20. The highest BCUT2D eigenvalue weighted by atomic mass is 19.4. The number of nitrogens with zero attached hydrogens (tertiary/aromatic N) is 1. The molecule has 1 aromatic carbocycles. The van der Waals surface area contributed by atoms with Crippen molar-refractivity contribution in [2.45, 2.75) is 52.1 Å². The van der Waals surface area contributed by atoms with Crippen LogP contribution in [0, 0.1) is 5.92 Å². The second kappa shape index (κ2) is 7.13. The van der Waals surface area contributed by atoms with Crippen LogP contribution in [0.25, 0.3) is 11.3 Å². The number of aryl methyl sites for hydroxylation is 1. The molecular weight excluding hydrogens is 345 g/mol. The molecule has 140 valence electrons. The van der Waals surface area contributed by atoms with Gasteiger partial charge in [0, 0.05) is 22.7 Å². The van der Waals surface area contributed by atoms with Crippen molar-refractivity contribution in [1.82, 2.24) is 5.16 Å². The van der Waals surface area contributed by atoms with Crippen molar-refractivity contribution in [3.63, 3.8) is 0 Å². The minimum Gasteiger partial charge on any atom is -0.356 e. The quantitative estimate of drug-likeness (QED) is 0.807. The zero-order valence-electron chi connectivity index (χ0n) is 14.7. The molecule has 1 N–H and O–H groups in total. The Bertz CT molecular complexity index is 812. The molecule has 1 aliphatic rings. The number of amides is 1. The zero-order valence-corrected chi connectivity index (χ0v) is 14.7. The number of nitrogens with one attached hydrogen (secondary N) is 1. The third kappa shape index (κ3) is 3.76. The number of rotatable bonds is 4. The van der Waals surface area contributed by atoms with Gasteiger partial charge in [0.2, 0.25) is 5.91 Å². The number of halogens is 3. The van der Waals surface area contributed by atoms with Crippen LogP contribution in [-0.2, 0) is 23.8 Å². The number of carbonyl (C=O) groups is 1. The Morgan fingerprint density at radius 3 is 2.69 bits per heavy atom. The molecule has 0 bridgehead atoms. The summed E-state index contributed by atoms with van der Waals surface area (Å²) in [7, 11) is 0. The molecule has 0 radical (unpaired) electrons. The van der Waals surface area contributed by atoms with Crippen molar-refractivity contribution in [1.29, 1.82) is 0 Å². The van der Waals surface area contributed by atoms with E-state index in [0.717, 1.165) is 49.1 Å². The number of hydrogen-bond acceptors (Lipinski definition) is 3. The highest BCUT2D eigenvalue weighted by molar-refractivity contribution is 5.93. The molecule has 0 saturated carbocycles. The smallest absolute Gasteiger partial charge is 0.356 e. The van der Waals surface area contributed by atoms with Gasteiger partial charge in [0.15, 0.2) is 5.76 Å². The van der Waals surface area contributed by atoms with Crippen LogP contribution in [0.2, 0.25) is 0 Å². The van der Waals surface area contributed by atoms with Gasteiger partial charge in [-0.25, -0.2) is 0 Å². The van der Waals surface area contributed by atoms with E-state index in [-0.39, 0.29) is 23.1 Å². The summed E-state index contributed by atoms with van der Waals surface area (Å²) in [4.78, 5) is 12.1. The Kier molecular flexibility index (Phi) is 5.07. The fraction of sp³-hybridized carbons (Fsp3) is 0.474. The standard InChI is InChI=1S/C19H21F3N2O2/c1-3-11(2)18(25)23-14-9-12(8-13(10-14)19(20,21)22)17-15-6-4-5-7-16(15)24-26-17/h8-11H,3-7H2,1-2H3,(H,23,25)/t11-/m0/s1. The summed E-state index contributed by atoms with van der Waals surface area (Å²) < 4.78 is 45.4. The number of benzene rings is 1. The first-order valence-corrected chi connectivity index (χ1v) is 8.80. The van der Waals surface area contributed by atoms with E-state index in [4.69, 9.17) is 4.52 Å². The van der Waals surface area contributed by atoms with Crippen LogP contribution in [-0.4, -0.2) is 11.1 Å². The third-order valence-corrected chi connectivity index (χ3v) is 4.81. The van der Waals surface area contributed by atoms with Crippen molar-refractivity contribution in [3.8, 4) is 11.3 Å². The lowest BCUT2D eigenvalue weighted by atomic mass is 9.93. The fourth-order valence-corrected chi connectivity index (χ4v) is 3.06. The molecule has 1 aromatic heterocycles. The highest BCUT2D eigenvalue weighted by Crippen LogP contribution is 2.38. The molecule has 26 heavy (non-hydrogen) atoms. The Morgan fingerprint density at radius 1 is 1.27 bits per heavy atom. The van der Waals surface area contributed by atoms with Crippen LogP contribution >= 0.6 is 0 Å². The summed E-state index contributed by atoms with van der Waals surface area (Å²) in [6.45, 7) is 3.58. The lowest BCUT2D eigenvalue weighted by molar-refractivity contribution is -0.137. The minimum absolute atomic E-state index is 0.112. The van der Waals surface area contributed by atoms with Gasteiger partial charge in [-0.3, -0.25) is 4.79 Å². The highest BCUT2D eigenvalue weighted by Gasteiger charge is 2.32. The molecule has 1 heterocycles. The van der Waals surface area contributed by atoms with Gasteiger partial charge in [-0.1, -0.05) is 19.0 Å². The van der Waals surface area contributed by atoms with E-state index in [1.807, 2.05) is 6.92 Å². The number of anilines is 1. The van der Waals surface area contributed by atoms with Gasteiger partial charge in [-0.15, -0.1) is 0 Å². The van der Waals surface area contributed by atoms with Crippen LogP contribution in [0.4, 0.5) is 18.9 Å². The molecule has 3 rings (SSSR count). The molecule has 0 saturated heterocycles. The first-order chi connectivity index (χ1) is 12.3. The van der Waals surface area contributed by atoms with Crippen molar-refractivity contribution in [2.75, 3.05) is 5.32 Å². The first kappa shape index (κ1) is 18.5. The molecule has 0 spiro atoms. The molecule has 4 nitrogen and oxygen atoms in total. The van der Waals surface area contributed by atoms with Crippen LogP contribution < -0.4 is 5.32 Å². The maximum Gasteiger partial charge on any atom is 0.416 e. The van der Waals surface area contributed by atoms with Gasteiger partial charge in [-0.2, -0.15) is 13.2 Å².